The summed E-state index contributed by atoms with van der Waals surface area (Å²) < 4.78 is 57.4. The lowest BCUT2D eigenvalue weighted by molar-refractivity contribution is -0.131. The molecule has 1 aliphatic rings. The number of carbonyl (C=O) groups is 1. The van der Waals surface area contributed by atoms with Crippen molar-refractivity contribution in [3.63, 3.8) is 0 Å². The maximum atomic E-state index is 15.6. The largest absolute Gasteiger partial charge is 0.494 e. The second kappa shape index (κ2) is 13.7. The topological polar surface area (TPSA) is 144 Å². The second-order valence-electron chi connectivity index (χ2n) is 8.68. The van der Waals surface area contributed by atoms with Crippen molar-refractivity contribution in [2.24, 2.45) is 5.73 Å². The number of carbonyl (C=O) groups excluding carboxylic acids is 1. The molecule has 1 fully saturated rings. The van der Waals surface area contributed by atoms with E-state index in [1.165, 1.54) is 23.5 Å². The Kier molecular flexibility index (Phi) is 11.3. The third-order valence-corrected chi connectivity index (χ3v) is 7.31. The van der Waals surface area contributed by atoms with E-state index in [1.807, 2.05) is 0 Å². The first-order chi connectivity index (χ1) is 17.5. The summed E-state index contributed by atoms with van der Waals surface area (Å²) in [5.74, 6) is -1.14. The Morgan fingerprint density at radius 1 is 1.24 bits per heavy atom. The fourth-order valence-corrected chi connectivity index (χ4v) is 4.91. The van der Waals surface area contributed by atoms with Gasteiger partial charge in [0.1, 0.15) is 17.7 Å². The molecule has 0 aromatic heterocycles. The quantitative estimate of drug-likeness (QED) is 0.277. The molecule has 2 aromatic carbocycles. The first kappa shape index (κ1) is 31.3. The van der Waals surface area contributed by atoms with E-state index in [4.69, 9.17) is 25.4 Å². The molecule has 0 spiro atoms. The van der Waals surface area contributed by atoms with Crippen molar-refractivity contribution < 1.29 is 31.8 Å². The average molecular weight is 573 g/mol. The molecular weight excluding hydrogens is 539 g/mol. The monoisotopic (exact) mass is 572 g/mol. The number of benzene rings is 2. The Balaban J connectivity index is 0.00000507. The second-order valence-corrected chi connectivity index (χ2v) is 10.7. The van der Waals surface area contributed by atoms with Gasteiger partial charge in [0, 0.05) is 43.9 Å². The molecule has 1 unspecified atom stereocenters. The summed E-state index contributed by atoms with van der Waals surface area (Å²) in [6.45, 7) is 2.81. The summed E-state index contributed by atoms with van der Waals surface area (Å²) in [5, 5.41) is 10.2. The van der Waals surface area contributed by atoms with Crippen LogP contribution in [0.3, 0.4) is 0 Å². The zero-order valence-electron chi connectivity index (χ0n) is 21.5. The summed E-state index contributed by atoms with van der Waals surface area (Å²) in [4.78, 5) is 13.0. The third kappa shape index (κ3) is 8.03. The maximum absolute atomic E-state index is 15.6. The van der Waals surface area contributed by atoms with Crippen molar-refractivity contribution in [1.82, 2.24) is 9.62 Å². The minimum atomic E-state index is -3.30. The van der Waals surface area contributed by atoms with Crippen LogP contribution in [0, 0.1) is 11.2 Å². The van der Waals surface area contributed by atoms with Gasteiger partial charge in [0.2, 0.25) is 10.0 Å². The Hall–Kier alpha value is -2.93. The number of ether oxygens (including phenoxy) is 3. The predicted octanol–water partition coefficient (Wildman–Crippen LogP) is 2.74. The van der Waals surface area contributed by atoms with E-state index in [2.05, 4.69) is 5.32 Å². The first-order valence-electron chi connectivity index (χ1n) is 11.8. The zero-order chi connectivity index (χ0) is 27.2. The van der Waals surface area contributed by atoms with E-state index < -0.39 is 34.0 Å². The van der Waals surface area contributed by atoms with Crippen molar-refractivity contribution in [1.29, 1.82) is 5.41 Å². The summed E-state index contributed by atoms with van der Waals surface area (Å²) in [6, 6.07) is 9.64. The fourth-order valence-electron chi connectivity index (χ4n) is 4.04. The van der Waals surface area contributed by atoms with E-state index in [1.54, 1.807) is 31.2 Å². The van der Waals surface area contributed by atoms with Crippen molar-refractivity contribution >= 4 is 34.2 Å². The number of nitrogens with one attached hydrogen (secondary N) is 2. The molecule has 38 heavy (non-hydrogen) atoms. The van der Waals surface area contributed by atoms with Crippen LogP contribution in [0.25, 0.3) is 0 Å². The van der Waals surface area contributed by atoms with Crippen LogP contribution in [0.5, 0.6) is 11.5 Å². The van der Waals surface area contributed by atoms with Gasteiger partial charge in [-0.15, -0.1) is 12.4 Å². The van der Waals surface area contributed by atoms with Gasteiger partial charge in [0.05, 0.1) is 12.9 Å². The number of amides is 1. The Morgan fingerprint density at radius 2 is 1.87 bits per heavy atom. The normalized spacial score (nSPS) is 15.3. The van der Waals surface area contributed by atoms with Crippen LogP contribution in [0.2, 0.25) is 0 Å². The lowest BCUT2D eigenvalue weighted by Crippen LogP contribution is -2.41. The molecule has 2 aromatic rings. The predicted molar refractivity (Wildman–Crippen MR) is 144 cm³/mol. The van der Waals surface area contributed by atoms with Gasteiger partial charge in [-0.1, -0.05) is 24.3 Å². The van der Waals surface area contributed by atoms with E-state index in [-0.39, 0.29) is 49.2 Å². The van der Waals surface area contributed by atoms with Crippen LogP contribution >= 0.6 is 12.4 Å². The third-order valence-electron chi connectivity index (χ3n) is 6.00. The SMILES string of the molecule is CCOc1cc(OC2CCN(S(C)(=O)=O)CC2)c(F)c(C(OC)C(=O)NCc2ccc(C(=N)N)cc2)c1.Cl. The highest BCUT2D eigenvalue weighted by Crippen LogP contribution is 2.34. The number of piperidine rings is 1. The van der Waals surface area contributed by atoms with Crippen molar-refractivity contribution in [2.45, 2.75) is 38.5 Å². The molecule has 1 aliphatic heterocycles. The van der Waals surface area contributed by atoms with Crippen molar-refractivity contribution in [3.05, 3.63) is 58.9 Å². The molecular formula is C25H34ClFN4O6S. The van der Waals surface area contributed by atoms with Gasteiger partial charge in [0.25, 0.3) is 5.91 Å². The van der Waals surface area contributed by atoms with E-state index in [0.29, 0.717) is 30.8 Å². The number of sulfonamides is 1. The van der Waals surface area contributed by atoms with Crippen LogP contribution in [-0.4, -0.2) is 63.6 Å². The highest BCUT2D eigenvalue weighted by atomic mass is 35.5. The van der Waals surface area contributed by atoms with Crippen LogP contribution in [0.4, 0.5) is 4.39 Å². The van der Waals surface area contributed by atoms with Crippen LogP contribution < -0.4 is 20.5 Å². The van der Waals surface area contributed by atoms with Crippen LogP contribution in [-0.2, 0) is 26.1 Å². The standard InChI is InChI=1S/C25H33FN4O6S.ClH/c1-4-35-19-13-20(22(26)21(14-19)36-18-9-11-30(12-10-18)37(3,32)33)23(34-2)25(31)29-15-16-5-7-17(8-6-16)24(27)28;/h5-8,13-14,18,23H,4,9-12,15H2,1-3H3,(H3,27,28)(H,29,31);1H. The van der Waals surface area contributed by atoms with Gasteiger partial charge in [-0.25, -0.2) is 17.1 Å². The molecule has 210 valence electrons. The Bertz CT molecular complexity index is 1220. The van der Waals surface area contributed by atoms with Gasteiger partial charge in [-0.2, -0.15) is 0 Å². The Labute approximate surface area is 228 Å². The minimum Gasteiger partial charge on any atom is -0.494 e. The van der Waals surface area contributed by atoms with E-state index >= 15 is 4.39 Å². The number of nitrogen functional groups attached to an aromatic ring is 1. The fraction of sp³-hybridized carbons (Fsp3) is 0.440. The number of nitrogens with zero attached hydrogens (tertiary/aromatic N) is 1. The lowest BCUT2D eigenvalue weighted by Gasteiger charge is -2.31. The van der Waals surface area contributed by atoms with Crippen molar-refractivity contribution in [3.8, 4) is 11.5 Å². The molecule has 1 amide bonds. The molecule has 1 atom stereocenters. The molecule has 1 saturated heterocycles. The number of methoxy groups -OCH3 is 1. The lowest BCUT2D eigenvalue weighted by atomic mass is 10.1. The van der Waals surface area contributed by atoms with Crippen LogP contribution in [0.1, 0.15) is 42.6 Å². The van der Waals surface area contributed by atoms with Gasteiger partial charge < -0.3 is 25.3 Å². The zero-order valence-corrected chi connectivity index (χ0v) is 23.2. The number of amidine groups is 1. The molecule has 13 heteroatoms. The highest BCUT2D eigenvalue weighted by Gasteiger charge is 2.30. The smallest absolute Gasteiger partial charge is 0.254 e. The van der Waals surface area contributed by atoms with Gasteiger partial charge in [-0.3, -0.25) is 10.2 Å². The first-order valence-corrected chi connectivity index (χ1v) is 13.7. The van der Waals surface area contributed by atoms with Gasteiger partial charge in [-0.05, 0) is 31.4 Å². The molecule has 3 rings (SSSR count). The molecule has 0 aliphatic carbocycles. The van der Waals surface area contributed by atoms with E-state index in [0.717, 1.165) is 11.8 Å². The number of hydrogen-bond donors (Lipinski definition) is 3. The molecule has 1 heterocycles. The minimum absolute atomic E-state index is 0. The number of halogens is 2. The number of rotatable bonds is 11. The maximum Gasteiger partial charge on any atom is 0.254 e. The van der Waals surface area contributed by atoms with Gasteiger partial charge in [0.15, 0.2) is 17.7 Å². The molecule has 10 nitrogen and oxygen atoms in total. The van der Waals surface area contributed by atoms with Gasteiger partial charge >= 0.3 is 0 Å². The summed E-state index contributed by atoms with van der Waals surface area (Å²) in [6.07, 6.45) is 0.286. The summed E-state index contributed by atoms with van der Waals surface area (Å²) in [5.41, 5.74) is 6.75. The van der Waals surface area contributed by atoms with Crippen molar-refractivity contribution in [2.75, 3.05) is 33.1 Å². The summed E-state index contributed by atoms with van der Waals surface area (Å²) in [7, 11) is -1.99. The Morgan fingerprint density at radius 3 is 2.39 bits per heavy atom. The van der Waals surface area contributed by atoms with Crippen LogP contribution in [0.15, 0.2) is 36.4 Å². The molecule has 4 N–H and O–H groups in total. The van der Waals surface area contributed by atoms with E-state index in [9.17, 15) is 13.2 Å². The molecule has 0 radical (unpaired) electrons. The molecule has 0 bridgehead atoms. The number of hydrogen-bond acceptors (Lipinski definition) is 7. The number of nitrogens with two attached hydrogens (primary N) is 1. The molecule has 0 saturated carbocycles. The average Bonchev–Trinajstić information content (AvgIpc) is 2.86. The summed E-state index contributed by atoms with van der Waals surface area (Å²) >= 11 is 0. The highest BCUT2D eigenvalue weighted by molar-refractivity contribution is 7.88.